The third kappa shape index (κ3) is 4.49. The van der Waals surface area contributed by atoms with E-state index >= 15 is 0 Å². The van der Waals surface area contributed by atoms with E-state index in [4.69, 9.17) is 5.73 Å². The Hall–Kier alpha value is -0.610. The van der Waals surface area contributed by atoms with Crippen LogP contribution in [0.2, 0.25) is 0 Å². The molecule has 0 radical (unpaired) electrons. The number of halogens is 1. The summed E-state index contributed by atoms with van der Waals surface area (Å²) in [6, 6.07) is 10.3. The van der Waals surface area contributed by atoms with E-state index in [1.807, 2.05) is 30.4 Å². The minimum absolute atomic E-state index is 0. The van der Waals surface area contributed by atoms with Crippen LogP contribution in [0.1, 0.15) is 24.4 Å². The Morgan fingerprint density at radius 2 is 1.56 bits per heavy atom. The topological polar surface area (TPSA) is 26.0 Å². The standard InChI is InChI=1S/C14H19N.HI/c1-3-8-12(9-4-2)14(15)13-10-6-5-7-11-13;/h3-7,10-12,14H,1-2,8-9,15H2;1H. The Balaban J connectivity index is 0.00000225. The highest BCUT2D eigenvalue weighted by molar-refractivity contribution is 14.0. The molecule has 0 bridgehead atoms. The molecule has 0 aliphatic heterocycles. The Bertz CT molecular complexity index is 298. The van der Waals surface area contributed by atoms with Gasteiger partial charge in [-0.3, -0.25) is 0 Å². The van der Waals surface area contributed by atoms with Gasteiger partial charge in [0.15, 0.2) is 0 Å². The van der Waals surface area contributed by atoms with Gasteiger partial charge in [0.05, 0.1) is 0 Å². The van der Waals surface area contributed by atoms with Gasteiger partial charge in [-0.05, 0) is 24.3 Å². The molecule has 1 rings (SSSR count). The molecule has 0 amide bonds. The molecule has 0 saturated heterocycles. The zero-order valence-corrected chi connectivity index (χ0v) is 11.8. The minimum atomic E-state index is 0. The lowest BCUT2D eigenvalue weighted by Crippen LogP contribution is -2.20. The zero-order valence-electron chi connectivity index (χ0n) is 9.51. The van der Waals surface area contributed by atoms with E-state index in [1.54, 1.807) is 0 Å². The molecule has 1 unspecified atom stereocenters. The molecular weight excluding hydrogens is 309 g/mol. The lowest BCUT2D eigenvalue weighted by atomic mass is 9.88. The average molecular weight is 329 g/mol. The van der Waals surface area contributed by atoms with Crippen LogP contribution in [0, 0.1) is 5.92 Å². The van der Waals surface area contributed by atoms with Gasteiger partial charge in [-0.2, -0.15) is 0 Å². The molecule has 0 aliphatic rings. The van der Waals surface area contributed by atoms with Crippen LogP contribution in [0.3, 0.4) is 0 Å². The van der Waals surface area contributed by atoms with Gasteiger partial charge in [-0.25, -0.2) is 0 Å². The first-order chi connectivity index (χ1) is 7.29. The molecule has 2 N–H and O–H groups in total. The van der Waals surface area contributed by atoms with Gasteiger partial charge in [-0.1, -0.05) is 42.5 Å². The van der Waals surface area contributed by atoms with E-state index in [9.17, 15) is 0 Å². The van der Waals surface area contributed by atoms with E-state index in [1.165, 1.54) is 5.56 Å². The number of hydrogen-bond donors (Lipinski definition) is 1. The molecule has 0 heterocycles. The molecular formula is C14H20IN. The maximum Gasteiger partial charge on any atom is 0.0329 e. The largest absolute Gasteiger partial charge is 0.324 e. The second-order valence-corrected chi connectivity index (χ2v) is 3.75. The Kier molecular flexibility index (Phi) is 8.21. The van der Waals surface area contributed by atoms with Crippen molar-refractivity contribution >= 4 is 24.0 Å². The van der Waals surface area contributed by atoms with E-state index in [0.29, 0.717) is 5.92 Å². The summed E-state index contributed by atoms with van der Waals surface area (Å²) in [6.07, 6.45) is 5.72. The molecule has 0 fully saturated rings. The fourth-order valence-electron chi connectivity index (χ4n) is 1.77. The fourth-order valence-corrected chi connectivity index (χ4v) is 1.77. The van der Waals surface area contributed by atoms with Crippen LogP contribution >= 0.6 is 24.0 Å². The van der Waals surface area contributed by atoms with Crippen molar-refractivity contribution in [3.8, 4) is 0 Å². The zero-order chi connectivity index (χ0) is 11.1. The monoisotopic (exact) mass is 329 g/mol. The normalized spacial score (nSPS) is 11.6. The quantitative estimate of drug-likeness (QED) is 0.618. The lowest BCUT2D eigenvalue weighted by molar-refractivity contribution is 0.441. The van der Waals surface area contributed by atoms with Crippen LogP contribution in [0.5, 0.6) is 0 Å². The Morgan fingerprint density at radius 3 is 2.00 bits per heavy atom. The van der Waals surface area contributed by atoms with Crippen LogP contribution in [0.15, 0.2) is 55.6 Å². The molecule has 0 aliphatic carbocycles. The van der Waals surface area contributed by atoms with Gasteiger partial charge in [0.1, 0.15) is 0 Å². The minimum Gasteiger partial charge on any atom is -0.324 e. The van der Waals surface area contributed by atoms with Crippen molar-refractivity contribution in [1.29, 1.82) is 0 Å². The average Bonchev–Trinajstić information content (AvgIpc) is 2.29. The van der Waals surface area contributed by atoms with Crippen molar-refractivity contribution in [1.82, 2.24) is 0 Å². The van der Waals surface area contributed by atoms with E-state index in [-0.39, 0.29) is 30.0 Å². The van der Waals surface area contributed by atoms with Gasteiger partial charge in [0.25, 0.3) is 0 Å². The van der Waals surface area contributed by atoms with Crippen LogP contribution in [-0.4, -0.2) is 0 Å². The summed E-state index contributed by atoms with van der Waals surface area (Å²) in [5, 5.41) is 0. The van der Waals surface area contributed by atoms with E-state index < -0.39 is 0 Å². The summed E-state index contributed by atoms with van der Waals surface area (Å²) in [7, 11) is 0. The number of rotatable bonds is 6. The smallest absolute Gasteiger partial charge is 0.0329 e. The third-order valence-corrected chi connectivity index (χ3v) is 2.63. The summed E-state index contributed by atoms with van der Waals surface area (Å²) >= 11 is 0. The number of benzene rings is 1. The Morgan fingerprint density at radius 1 is 1.06 bits per heavy atom. The van der Waals surface area contributed by atoms with Gasteiger partial charge in [-0.15, -0.1) is 37.1 Å². The van der Waals surface area contributed by atoms with E-state index in [2.05, 4.69) is 25.3 Å². The molecule has 1 atom stereocenters. The molecule has 0 saturated carbocycles. The van der Waals surface area contributed by atoms with Gasteiger partial charge < -0.3 is 5.73 Å². The molecule has 88 valence electrons. The van der Waals surface area contributed by atoms with Crippen LogP contribution in [0.25, 0.3) is 0 Å². The van der Waals surface area contributed by atoms with Crippen molar-refractivity contribution in [2.45, 2.75) is 18.9 Å². The van der Waals surface area contributed by atoms with Crippen molar-refractivity contribution in [3.05, 3.63) is 61.2 Å². The number of hydrogen-bond acceptors (Lipinski definition) is 1. The molecule has 1 aromatic carbocycles. The van der Waals surface area contributed by atoms with Gasteiger partial charge in [0.2, 0.25) is 0 Å². The molecule has 0 aromatic heterocycles. The van der Waals surface area contributed by atoms with Gasteiger partial charge >= 0.3 is 0 Å². The van der Waals surface area contributed by atoms with Crippen molar-refractivity contribution in [2.75, 3.05) is 0 Å². The summed E-state index contributed by atoms with van der Waals surface area (Å²) in [6.45, 7) is 7.54. The molecule has 0 spiro atoms. The third-order valence-electron chi connectivity index (χ3n) is 2.63. The Labute approximate surface area is 115 Å². The lowest BCUT2D eigenvalue weighted by Gasteiger charge is -2.21. The van der Waals surface area contributed by atoms with E-state index in [0.717, 1.165) is 12.8 Å². The molecule has 1 aromatic rings. The second kappa shape index (κ2) is 8.53. The highest BCUT2D eigenvalue weighted by Crippen LogP contribution is 2.25. The van der Waals surface area contributed by atoms with Crippen molar-refractivity contribution in [3.63, 3.8) is 0 Å². The fraction of sp³-hybridized carbons (Fsp3) is 0.286. The summed E-state index contributed by atoms with van der Waals surface area (Å²) in [5.74, 6) is 0.405. The summed E-state index contributed by atoms with van der Waals surface area (Å²) < 4.78 is 0. The number of nitrogens with two attached hydrogens (primary N) is 1. The number of allylic oxidation sites excluding steroid dienone is 2. The first-order valence-electron chi connectivity index (χ1n) is 5.32. The summed E-state index contributed by atoms with van der Waals surface area (Å²) in [4.78, 5) is 0. The van der Waals surface area contributed by atoms with Crippen LogP contribution in [-0.2, 0) is 0 Å². The van der Waals surface area contributed by atoms with Crippen molar-refractivity contribution < 1.29 is 0 Å². The first kappa shape index (κ1) is 15.4. The van der Waals surface area contributed by atoms with Crippen LogP contribution < -0.4 is 5.73 Å². The molecule has 1 nitrogen and oxygen atoms in total. The predicted octanol–water partition coefficient (Wildman–Crippen LogP) is 4.07. The maximum absolute atomic E-state index is 6.22. The van der Waals surface area contributed by atoms with Gasteiger partial charge in [0, 0.05) is 6.04 Å². The predicted molar refractivity (Wildman–Crippen MR) is 81.9 cm³/mol. The van der Waals surface area contributed by atoms with Crippen molar-refractivity contribution in [2.24, 2.45) is 11.7 Å². The highest BCUT2D eigenvalue weighted by Gasteiger charge is 2.16. The van der Waals surface area contributed by atoms with Crippen LogP contribution in [0.4, 0.5) is 0 Å². The molecule has 2 heteroatoms. The second-order valence-electron chi connectivity index (χ2n) is 3.75. The maximum atomic E-state index is 6.22. The SMILES string of the molecule is C=CCC(CC=C)C(N)c1ccccc1.I. The highest BCUT2D eigenvalue weighted by atomic mass is 127. The first-order valence-corrected chi connectivity index (χ1v) is 5.32. The summed E-state index contributed by atoms with van der Waals surface area (Å²) in [5.41, 5.74) is 7.40. The molecule has 16 heavy (non-hydrogen) atoms.